The van der Waals surface area contributed by atoms with E-state index in [2.05, 4.69) is 0 Å². The fraction of sp³-hybridized carbons (Fsp3) is 0.538. The monoisotopic (exact) mass is 239 g/mol. The van der Waals surface area contributed by atoms with Crippen LogP contribution in [0.1, 0.15) is 11.1 Å². The van der Waals surface area contributed by atoms with E-state index in [-0.39, 0.29) is 0 Å². The largest absolute Gasteiger partial charge is 0.491 e. The highest BCUT2D eigenvalue weighted by Gasteiger charge is 2.02. The van der Waals surface area contributed by atoms with Crippen molar-refractivity contribution in [3.05, 3.63) is 29.3 Å². The predicted molar refractivity (Wildman–Crippen MR) is 67.3 cm³/mol. The summed E-state index contributed by atoms with van der Waals surface area (Å²) in [4.78, 5) is 0. The van der Waals surface area contributed by atoms with Gasteiger partial charge in [0.25, 0.3) is 0 Å². The molecular weight excluding hydrogens is 218 g/mol. The summed E-state index contributed by atoms with van der Waals surface area (Å²) >= 11 is 0. The maximum absolute atomic E-state index is 5.66. The van der Waals surface area contributed by atoms with Crippen LogP contribution in [0.3, 0.4) is 0 Å². The van der Waals surface area contributed by atoms with Crippen LogP contribution >= 0.6 is 0 Å². The highest BCUT2D eigenvalue weighted by Crippen LogP contribution is 2.19. The van der Waals surface area contributed by atoms with Crippen LogP contribution in [0.5, 0.6) is 5.75 Å². The van der Waals surface area contributed by atoms with E-state index in [4.69, 9.17) is 19.9 Å². The average Bonchev–Trinajstić information content (AvgIpc) is 2.35. The number of ether oxygens (including phenoxy) is 3. The van der Waals surface area contributed by atoms with Gasteiger partial charge in [-0.15, -0.1) is 0 Å². The summed E-state index contributed by atoms with van der Waals surface area (Å²) in [6.45, 7) is 4.81. The predicted octanol–water partition coefficient (Wildman–Crippen LogP) is 1.50. The van der Waals surface area contributed by atoms with E-state index in [1.54, 1.807) is 7.11 Å². The van der Waals surface area contributed by atoms with Crippen LogP contribution in [0.25, 0.3) is 0 Å². The third-order valence-electron chi connectivity index (χ3n) is 2.35. The minimum atomic E-state index is 0.488. The van der Waals surface area contributed by atoms with Crippen molar-refractivity contribution in [3.63, 3.8) is 0 Å². The van der Waals surface area contributed by atoms with Crippen molar-refractivity contribution in [2.75, 3.05) is 33.5 Å². The Balaban J connectivity index is 2.31. The van der Waals surface area contributed by atoms with Gasteiger partial charge in [0, 0.05) is 19.2 Å². The second kappa shape index (κ2) is 8.06. The lowest BCUT2D eigenvalue weighted by molar-refractivity contribution is 0.0543. The quantitative estimate of drug-likeness (QED) is 0.698. The van der Waals surface area contributed by atoms with Gasteiger partial charge in [-0.1, -0.05) is 17.7 Å². The van der Waals surface area contributed by atoms with Crippen molar-refractivity contribution < 1.29 is 14.2 Å². The summed E-state index contributed by atoms with van der Waals surface area (Å²) in [5.41, 5.74) is 7.88. The maximum Gasteiger partial charge on any atom is 0.123 e. The van der Waals surface area contributed by atoms with Gasteiger partial charge >= 0.3 is 0 Å². The second-order valence-corrected chi connectivity index (χ2v) is 3.77. The molecule has 0 bridgehead atoms. The molecule has 0 fully saturated rings. The Morgan fingerprint density at radius 3 is 2.59 bits per heavy atom. The van der Waals surface area contributed by atoms with Crippen molar-refractivity contribution in [2.45, 2.75) is 13.5 Å². The summed E-state index contributed by atoms with van der Waals surface area (Å²) in [7, 11) is 1.65. The molecule has 0 spiro atoms. The Bertz CT molecular complexity index is 328. The molecule has 0 saturated heterocycles. The lowest BCUT2D eigenvalue weighted by atomic mass is 10.1. The smallest absolute Gasteiger partial charge is 0.123 e. The van der Waals surface area contributed by atoms with Gasteiger partial charge in [-0.25, -0.2) is 0 Å². The number of aryl methyl sites for hydroxylation is 1. The fourth-order valence-electron chi connectivity index (χ4n) is 1.46. The molecular formula is C13H21NO3. The molecule has 17 heavy (non-hydrogen) atoms. The molecule has 0 amide bonds. The number of methoxy groups -OCH3 is 1. The topological polar surface area (TPSA) is 53.7 Å². The van der Waals surface area contributed by atoms with E-state index in [1.165, 1.54) is 5.56 Å². The molecule has 0 radical (unpaired) electrons. The summed E-state index contributed by atoms with van der Waals surface area (Å²) < 4.78 is 15.8. The molecule has 0 aromatic heterocycles. The minimum Gasteiger partial charge on any atom is -0.491 e. The first kappa shape index (κ1) is 14.0. The van der Waals surface area contributed by atoms with Crippen molar-refractivity contribution in [2.24, 2.45) is 5.73 Å². The number of hydrogen-bond donors (Lipinski definition) is 1. The van der Waals surface area contributed by atoms with Crippen LogP contribution in [0.2, 0.25) is 0 Å². The lowest BCUT2D eigenvalue weighted by Gasteiger charge is -2.11. The van der Waals surface area contributed by atoms with Gasteiger partial charge in [0.1, 0.15) is 12.4 Å². The zero-order chi connectivity index (χ0) is 12.5. The van der Waals surface area contributed by atoms with E-state index in [0.717, 1.165) is 11.3 Å². The van der Waals surface area contributed by atoms with Crippen molar-refractivity contribution >= 4 is 0 Å². The van der Waals surface area contributed by atoms with Crippen LogP contribution in [0, 0.1) is 6.92 Å². The Labute approximate surface area is 103 Å². The van der Waals surface area contributed by atoms with E-state index >= 15 is 0 Å². The van der Waals surface area contributed by atoms with Crippen molar-refractivity contribution in [3.8, 4) is 5.75 Å². The first-order valence-electron chi connectivity index (χ1n) is 5.77. The molecule has 2 N–H and O–H groups in total. The molecule has 1 rings (SSSR count). The van der Waals surface area contributed by atoms with Gasteiger partial charge in [-0.3, -0.25) is 0 Å². The molecule has 0 aliphatic carbocycles. The molecule has 1 aromatic carbocycles. The summed E-state index contributed by atoms with van der Waals surface area (Å²) in [6.07, 6.45) is 0. The van der Waals surface area contributed by atoms with Crippen LogP contribution in [0.15, 0.2) is 18.2 Å². The molecule has 0 atom stereocenters. The van der Waals surface area contributed by atoms with E-state index in [1.807, 2.05) is 25.1 Å². The van der Waals surface area contributed by atoms with Crippen LogP contribution in [-0.4, -0.2) is 33.5 Å². The van der Waals surface area contributed by atoms with E-state index in [9.17, 15) is 0 Å². The molecule has 0 heterocycles. The van der Waals surface area contributed by atoms with Gasteiger partial charge in [0.15, 0.2) is 0 Å². The SMILES string of the molecule is COCCOCCOc1ccc(C)cc1CN. The van der Waals surface area contributed by atoms with Gasteiger partial charge in [-0.05, 0) is 13.0 Å². The molecule has 0 saturated carbocycles. The normalized spacial score (nSPS) is 10.5. The van der Waals surface area contributed by atoms with E-state index in [0.29, 0.717) is 33.0 Å². The first-order valence-corrected chi connectivity index (χ1v) is 5.77. The lowest BCUT2D eigenvalue weighted by Crippen LogP contribution is -2.11. The van der Waals surface area contributed by atoms with E-state index < -0.39 is 0 Å². The average molecular weight is 239 g/mol. The zero-order valence-electron chi connectivity index (χ0n) is 10.6. The Morgan fingerprint density at radius 1 is 1.12 bits per heavy atom. The maximum atomic E-state index is 5.66. The molecule has 4 heteroatoms. The molecule has 1 aromatic rings. The number of hydrogen-bond acceptors (Lipinski definition) is 4. The number of rotatable bonds is 8. The van der Waals surface area contributed by atoms with Gasteiger partial charge in [0.2, 0.25) is 0 Å². The minimum absolute atomic E-state index is 0.488. The third-order valence-corrected chi connectivity index (χ3v) is 2.35. The molecule has 96 valence electrons. The molecule has 0 aliphatic heterocycles. The standard InChI is InChI=1S/C13H21NO3/c1-11-3-4-13(12(9-11)10-14)17-8-7-16-6-5-15-2/h3-4,9H,5-8,10,14H2,1-2H3. The number of nitrogens with two attached hydrogens (primary N) is 1. The number of benzene rings is 1. The summed E-state index contributed by atoms with van der Waals surface area (Å²) in [5.74, 6) is 0.841. The Kier molecular flexibility index (Phi) is 6.62. The van der Waals surface area contributed by atoms with Crippen LogP contribution in [-0.2, 0) is 16.0 Å². The molecule has 4 nitrogen and oxygen atoms in total. The highest BCUT2D eigenvalue weighted by atomic mass is 16.5. The summed E-state index contributed by atoms with van der Waals surface area (Å²) in [6, 6.07) is 6.01. The van der Waals surface area contributed by atoms with Crippen molar-refractivity contribution in [1.82, 2.24) is 0 Å². The summed E-state index contributed by atoms with van der Waals surface area (Å²) in [5, 5.41) is 0. The molecule has 0 aliphatic rings. The first-order chi connectivity index (χ1) is 8.27. The van der Waals surface area contributed by atoms with Gasteiger partial charge in [0.05, 0.1) is 19.8 Å². The van der Waals surface area contributed by atoms with Gasteiger partial charge in [-0.2, -0.15) is 0 Å². The van der Waals surface area contributed by atoms with Crippen LogP contribution < -0.4 is 10.5 Å². The van der Waals surface area contributed by atoms with Gasteiger partial charge < -0.3 is 19.9 Å². The third kappa shape index (κ3) is 5.17. The second-order valence-electron chi connectivity index (χ2n) is 3.77. The zero-order valence-corrected chi connectivity index (χ0v) is 10.6. The van der Waals surface area contributed by atoms with Crippen LogP contribution in [0.4, 0.5) is 0 Å². The Hall–Kier alpha value is -1.10. The fourth-order valence-corrected chi connectivity index (χ4v) is 1.46. The van der Waals surface area contributed by atoms with Crippen molar-refractivity contribution in [1.29, 1.82) is 0 Å². The molecule has 0 unspecified atom stereocenters. The Morgan fingerprint density at radius 2 is 1.88 bits per heavy atom. The highest BCUT2D eigenvalue weighted by molar-refractivity contribution is 5.36.